The van der Waals surface area contributed by atoms with Crippen LogP contribution in [0.15, 0.2) is 30.3 Å². The van der Waals surface area contributed by atoms with Gasteiger partial charge in [0.15, 0.2) is 0 Å². The maximum atomic E-state index is 9.38. The second-order valence-corrected chi connectivity index (χ2v) is 6.54. The maximum Gasteiger partial charge on any atom is 0.0519 e. The Bertz CT molecular complexity index is 381. The minimum Gasteiger partial charge on any atom is -0.396 e. The van der Waals surface area contributed by atoms with Crippen molar-refractivity contribution >= 4 is 0 Å². The lowest BCUT2D eigenvalue weighted by Crippen LogP contribution is -2.44. The van der Waals surface area contributed by atoms with Gasteiger partial charge in [0.1, 0.15) is 0 Å². The van der Waals surface area contributed by atoms with E-state index in [1.54, 1.807) is 0 Å². The molecule has 1 heterocycles. The molecule has 0 amide bonds. The van der Waals surface area contributed by atoms with Crippen molar-refractivity contribution < 1.29 is 10.2 Å². The Balaban J connectivity index is 1.78. The normalized spacial score (nSPS) is 18.4. The molecule has 1 aromatic rings. The van der Waals surface area contributed by atoms with Crippen molar-refractivity contribution in [3.05, 3.63) is 35.9 Å². The van der Waals surface area contributed by atoms with Crippen LogP contribution in [0.3, 0.4) is 0 Å². The fourth-order valence-corrected chi connectivity index (χ4v) is 2.99. The van der Waals surface area contributed by atoms with Crippen LogP contribution in [0.1, 0.15) is 25.3 Å². The molecule has 2 rings (SSSR count). The van der Waals surface area contributed by atoms with E-state index in [-0.39, 0.29) is 18.6 Å². The Labute approximate surface area is 122 Å². The smallest absolute Gasteiger partial charge is 0.0519 e. The van der Waals surface area contributed by atoms with Crippen LogP contribution in [0.25, 0.3) is 0 Å². The molecule has 0 bridgehead atoms. The molecule has 112 valence electrons. The van der Waals surface area contributed by atoms with Crippen molar-refractivity contribution in [1.82, 2.24) is 4.90 Å². The number of piperidine rings is 1. The summed E-state index contributed by atoms with van der Waals surface area (Å²) < 4.78 is 0. The first-order valence-corrected chi connectivity index (χ1v) is 7.63. The summed E-state index contributed by atoms with van der Waals surface area (Å²) in [4.78, 5) is 2.38. The fourth-order valence-electron chi connectivity index (χ4n) is 2.99. The van der Waals surface area contributed by atoms with Gasteiger partial charge in [-0.2, -0.15) is 0 Å². The third kappa shape index (κ3) is 4.30. The topological polar surface area (TPSA) is 43.7 Å². The van der Waals surface area contributed by atoms with Crippen LogP contribution < -0.4 is 0 Å². The maximum absolute atomic E-state index is 9.38. The van der Waals surface area contributed by atoms with Gasteiger partial charge in [-0.15, -0.1) is 0 Å². The van der Waals surface area contributed by atoms with Crippen molar-refractivity contribution in [2.45, 2.75) is 26.2 Å². The molecule has 0 atom stereocenters. The summed E-state index contributed by atoms with van der Waals surface area (Å²) in [6, 6.07) is 10.7. The minimum atomic E-state index is -0.369. The summed E-state index contributed by atoms with van der Waals surface area (Å²) in [5.74, 6) is 0.767. The number of aliphatic hydroxyl groups is 2. The molecule has 3 nitrogen and oxygen atoms in total. The SMILES string of the molecule is CC(CO)(CO)CN1CCC(Cc2ccccc2)CC1. The average Bonchev–Trinajstić information content (AvgIpc) is 2.50. The zero-order valence-corrected chi connectivity index (χ0v) is 12.5. The highest BCUT2D eigenvalue weighted by atomic mass is 16.3. The Hall–Kier alpha value is -0.900. The van der Waals surface area contributed by atoms with Crippen molar-refractivity contribution in [1.29, 1.82) is 0 Å². The van der Waals surface area contributed by atoms with Crippen LogP contribution in [0.5, 0.6) is 0 Å². The van der Waals surface area contributed by atoms with Gasteiger partial charge in [-0.05, 0) is 43.8 Å². The van der Waals surface area contributed by atoms with Gasteiger partial charge in [-0.1, -0.05) is 37.3 Å². The number of nitrogens with zero attached hydrogens (tertiary/aromatic N) is 1. The third-order valence-electron chi connectivity index (χ3n) is 4.44. The van der Waals surface area contributed by atoms with Gasteiger partial charge in [0.25, 0.3) is 0 Å². The summed E-state index contributed by atoms with van der Waals surface area (Å²) in [5, 5.41) is 18.8. The monoisotopic (exact) mass is 277 g/mol. The number of rotatable bonds is 6. The van der Waals surface area contributed by atoms with Crippen molar-refractivity contribution in [3.8, 4) is 0 Å². The van der Waals surface area contributed by atoms with E-state index in [0.29, 0.717) is 0 Å². The van der Waals surface area contributed by atoms with E-state index in [1.165, 1.54) is 24.8 Å². The number of hydrogen-bond acceptors (Lipinski definition) is 3. The molecule has 0 saturated carbocycles. The second kappa shape index (κ2) is 7.21. The van der Waals surface area contributed by atoms with Gasteiger partial charge in [-0.3, -0.25) is 0 Å². The molecule has 1 aromatic carbocycles. The molecule has 1 aliphatic heterocycles. The average molecular weight is 277 g/mol. The molecule has 3 heteroatoms. The Kier molecular flexibility index (Phi) is 5.58. The van der Waals surface area contributed by atoms with Gasteiger partial charge in [0.05, 0.1) is 13.2 Å². The van der Waals surface area contributed by atoms with Crippen molar-refractivity contribution in [3.63, 3.8) is 0 Å². The van der Waals surface area contributed by atoms with Gasteiger partial charge in [0.2, 0.25) is 0 Å². The van der Waals surface area contributed by atoms with E-state index in [0.717, 1.165) is 25.6 Å². The minimum absolute atomic E-state index is 0.0491. The van der Waals surface area contributed by atoms with E-state index in [4.69, 9.17) is 0 Å². The predicted molar refractivity (Wildman–Crippen MR) is 81.6 cm³/mol. The van der Waals surface area contributed by atoms with Crippen LogP contribution in [0.2, 0.25) is 0 Å². The zero-order valence-electron chi connectivity index (χ0n) is 12.5. The molecule has 0 unspecified atom stereocenters. The summed E-state index contributed by atoms with van der Waals surface area (Å²) >= 11 is 0. The lowest BCUT2D eigenvalue weighted by atomic mass is 9.87. The summed E-state index contributed by atoms with van der Waals surface area (Å²) in [6.07, 6.45) is 3.59. The number of aliphatic hydroxyl groups excluding tert-OH is 2. The van der Waals surface area contributed by atoms with Gasteiger partial charge in [-0.25, -0.2) is 0 Å². The van der Waals surface area contributed by atoms with Crippen molar-refractivity contribution in [2.24, 2.45) is 11.3 Å². The van der Waals surface area contributed by atoms with Crippen LogP contribution >= 0.6 is 0 Å². The quantitative estimate of drug-likeness (QED) is 0.835. The Morgan fingerprint density at radius 3 is 2.25 bits per heavy atom. The Morgan fingerprint density at radius 1 is 1.10 bits per heavy atom. The first-order valence-electron chi connectivity index (χ1n) is 7.63. The van der Waals surface area contributed by atoms with Crippen LogP contribution in [0, 0.1) is 11.3 Å². The summed E-state index contributed by atoms with van der Waals surface area (Å²) in [6.45, 7) is 4.99. The Morgan fingerprint density at radius 2 is 1.70 bits per heavy atom. The molecule has 0 aromatic heterocycles. The molecule has 20 heavy (non-hydrogen) atoms. The van der Waals surface area contributed by atoms with Gasteiger partial charge in [0, 0.05) is 12.0 Å². The highest BCUT2D eigenvalue weighted by Crippen LogP contribution is 2.24. The van der Waals surface area contributed by atoms with Gasteiger partial charge >= 0.3 is 0 Å². The molecule has 0 spiro atoms. The highest BCUT2D eigenvalue weighted by Gasteiger charge is 2.28. The van der Waals surface area contributed by atoms with E-state index in [2.05, 4.69) is 35.2 Å². The van der Waals surface area contributed by atoms with Crippen LogP contribution in [-0.2, 0) is 6.42 Å². The van der Waals surface area contributed by atoms with Crippen molar-refractivity contribution in [2.75, 3.05) is 32.8 Å². The number of benzene rings is 1. The molecule has 2 N–H and O–H groups in total. The largest absolute Gasteiger partial charge is 0.396 e. The second-order valence-electron chi connectivity index (χ2n) is 6.54. The first kappa shape index (κ1) is 15.5. The lowest BCUT2D eigenvalue weighted by Gasteiger charge is -2.37. The molecular weight excluding hydrogens is 250 g/mol. The first-order chi connectivity index (χ1) is 9.65. The van der Waals surface area contributed by atoms with E-state index < -0.39 is 0 Å². The van der Waals surface area contributed by atoms with Crippen LogP contribution in [-0.4, -0.2) is 48.0 Å². The standard InChI is InChI=1S/C17H27NO2/c1-17(13-19,14-20)12-18-9-7-16(8-10-18)11-15-5-3-2-4-6-15/h2-6,16,19-20H,7-14H2,1H3. The summed E-state index contributed by atoms with van der Waals surface area (Å²) in [5.41, 5.74) is 1.06. The van der Waals surface area contributed by atoms with Crippen LogP contribution in [0.4, 0.5) is 0 Å². The highest BCUT2D eigenvalue weighted by molar-refractivity contribution is 5.15. The number of hydrogen-bond donors (Lipinski definition) is 2. The third-order valence-corrected chi connectivity index (χ3v) is 4.44. The molecule has 0 radical (unpaired) electrons. The number of likely N-dealkylation sites (tertiary alicyclic amines) is 1. The molecule has 0 aliphatic carbocycles. The predicted octanol–water partition coefficient (Wildman–Crippen LogP) is 1.93. The van der Waals surface area contributed by atoms with E-state index >= 15 is 0 Å². The fraction of sp³-hybridized carbons (Fsp3) is 0.647. The molecular formula is C17H27NO2. The lowest BCUT2D eigenvalue weighted by molar-refractivity contribution is 0.0250. The summed E-state index contributed by atoms with van der Waals surface area (Å²) in [7, 11) is 0. The van der Waals surface area contributed by atoms with E-state index in [9.17, 15) is 10.2 Å². The zero-order chi connectivity index (χ0) is 14.4. The molecule has 1 aliphatic rings. The van der Waals surface area contributed by atoms with Gasteiger partial charge < -0.3 is 15.1 Å². The molecule has 1 fully saturated rings. The van der Waals surface area contributed by atoms with E-state index in [1.807, 2.05) is 6.92 Å². The molecule has 1 saturated heterocycles.